The standard InChI is InChI=1S/C11H11BrN2/c1-7-2-5-10-9(6-7)13-11(12)14(10)8-3-4-8/h2,5-6,8H,3-4H2,1H3. The number of rotatable bonds is 1. The highest BCUT2D eigenvalue weighted by molar-refractivity contribution is 9.10. The molecule has 0 N–H and O–H groups in total. The van der Waals surface area contributed by atoms with Crippen LogP contribution in [-0.2, 0) is 0 Å². The molecule has 1 saturated carbocycles. The lowest BCUT2D eigenvalue weighted by Crippen LogP contribution is -1.92. The van der Waals surface area contributed by atoms with Gasteiger partial charge in [-0.1, -0.05) is 6.07 Å². The molecule has 1 aliphatic carbocycles. The van der Waals surface area contributed by atoms with Gasteiger partial charge in [0, 0.05) is 6.04 Å². The van der Waals surface area contributed by atoms with Gasteiger partial charge in [0.05, 0.1) is 11.0 Å². The summed E-state index contributed by atoms with van der Waals surface area (Å²) < 4.78 is 3.27. The van der Waals surface area contributed by atoms with E-state index in [0.717, 1.165) is 10.3 Å². The molecule has 1 heterocycles. The van der Waals surface area contributed by atoms with Crippen LogP contribution in [0, 0.1) is 6.92 Å². The van der Waals surface area contributed by atoms with Crippen LogP contribution < -0.4 is 0 Å². The Bertz CT molecular complexity index is 497. The third-order valence-corrected chi connectivity index (χ3v) is 3.27. The second kappa shape index (κ2) is 2.83. The fraction of sp³-hybridized carbons (Fsp3) is 0.364. The van der Waals surface area contributed by atoms with E-state index in [1.54, 1.807) is 0 Å². The second-order valence-electron chi connectivity index (χ2n) is 3.97. The largest absolute Gasteiger partial charge is 0.315 e. The number of imidazole rings is 1. The molecular formula is C11H11BrN2. The van der Waals surface area contributed by atoms with Crippen molar-refractivity contribution in [2.45, 2.75) is 25.8 Å². The van der Waals surface area contributed by atoms with E-state index in [1.807, 2.05) is 0 Å². The molecule has 1 aromatic carbocycles. The quantitative estimate of drug-likeness (QED) is 0.759. The fourth-order valence-corrected chi connectivity index (χ4v) is 2.53. The number of halogens is 1. The number of hydrogen-bond donors (Lipinski definition) is 0. The monoisotopic (exact) mass is 250 g/mol. The first-order valence-corrected chi connectivity index (χ1v) is 5.69. The molecule has 0 saturated heterocycles. The second-order valence-corrected chi connectivity index (χ2v) is 4.68. The van der Waals surface area contributed by atoms with Crippen molar-refractivity contribution in [3.8, 4) is 0 Å². The molecule has 0 amide bonds. The van der Waals surface area contributed by atoms with Crippen LogP contribution in [-0.4, -0.2) is 9.55 Å². The van der Waals surface area contributed by atoms with E-state index in [9.17, 15) is 0 Å². The smallest absolute Gasteiger partial charge is 0.178 e. The van der Waals surface area contributed by atoms with Gasteiger partial charge in [-0.15, -0.1) is 0 Å². The Hall–Kier alpha value is -0.830. The molecule has 1 aliphatic rings. The normalized spacial score (nSPS) is 16.4. The third-order valence-electron chi connectivity index (χ3n) is 2.71. The van der Waals surface area contributed by atoms with Crippen LogP contribution in [0.1, 0.15) is 24.4 Å². The van der Waals surface area contributed by atoms with Gasteiger partial charge in [0.2, 0.25) is 0 Å². The van der Waals surface area contributed by atoms with Gasteiger partial charge in [-0.3, -0.25) is 0 Å². The predicted octanol–water partition coefficient (Wildman–Crippen LogP) is 3.44. The summed E-state index contributed by atoms with van der Waals surface area (Å²) >= 11 is 3.53. The van der Waals surface area contributed by atoms with E-state index in [4.69, 9.17) is 0 Å². The fourth-order valence-electron chi connectivity index (χ4n) is 1.86. The Balaban J connectivity index is 2.32. The average Bonchev–Trinajstić information content (AvgIpc) is 2.89. The molecule has 0 aliphatic heterocycles. The van der Waals surface area contributed by atoms with Gasteiger partial charge in [0.25, 0.3) is 0 Å². The molecule has 14 heavy (non-hydrogen) atoms. The van der Waals surface area contributed by atoms with Crippen molar-refractivity contribution in [3.63, 3.8) is 0 Å². The summed E-state index contributed by atoms with van der Waals surface area (Å²) in [5.74, 6) is 0. The molecule has 1 fully saturated rings. The minimum absolute atomic E-state index is 0.678. The molecule has 2 nitrogen and oxygen atoms in total. The van der Waals surface area contributed by atoms with E-state index in [0.29, 0.717) is 6.04 Å². The molecular weight excluding hydrogens is 240 g/mol. The van der Waals surface area contributed by atoms with Crippen LogP contribution in [0.4, 0.5) is 0 Å². The van der Waals surface area contributed by atoms with Crippen LogP contribution in [0.2, 0.25) is 0 Å². The minimum atomic E-state index is 0.678. The van der Waals surface area contributed by atoms with Crippen molar-refractivity contribution in [2.24, 2.45) is 0 Å². The Labute approximate surface area is 91.1 Å². The topological polar surface area (TPSA) is 17.8 Å². The number of nitrogens with zero attached hydrogens (tertiary/aromatic N) is 2. The molecule has 3 heteroatoms. The SMILES string of the molecule is Cc1ccc2c(c1)nc(Br)n2C1CC1. The lowest BCUT2D eigenvalue weighted by Gasteiger charge is -2.02. The highest BCUT2D eigenvalue weighted by Crippen LogP contribution is 2.40. The zero-order valence-electron chi connectivity index (χ0n) is 8.00. The molecule has 72 valence electrons. The third kappa shape index (κ3) is 1.19. The number of fused-ring (bicyclic) bond motifs is 1. The van der Waals surface area contributed by atoms with Crippen molar-refractivity contribution in [3.05, 3.63) is 28.5 Å². The first-order chi connectivity index (χ1) is 6.75. The van der Waals surface area contributed by atoms with Crippen molar-refractivity contribution < 1.29 is 0 Å². The van der Waals surface area contributed by atoms with Gasteiger partial charge < -0.3 is 4.57 Å². The minimum Gasteiger partial charge on any atom is -0.315 e. The first-order valence-electron chi connectivity index (χ1n) is 4.90. The van der Waals surface area contributed by atoms with Crippen molar-refractivity contribution in [2.75, 3.05) is 0 Å². The number of aryl methyl sites for hydroxylation is 1. The van der Waals surface area contributed by atoms with Crippen LogP contribution in [0.5, 0.6) is 0 Å². The summed E-state index contributed by atoms with van der Waals surface area (Å²) in [6.45, 7) is 2.10. The van der Waals surface area contributed by atoms with Crippen molar-refractivity contribution in [1.29, 1.82) is 0 Å². The van der Waals surface area contributed by atoms with Crippen molar-refractivity contribution >= 4 is 27.0 Å². The van der Waals surface area contributed by atoms with E-state index in [-0.39, 0.29) is 0 Å². The summed E-state index contributed by atoms with van der Waals surface area (Å²) in [5.41, 5.74) is 3.62. The van der Waals surface area contributed by atoms with E-state index < -0.39 is 0 Å². The van der Waals surface area contributed by atoms with Gasteiger partial charge in [-0.25, -0.2) is 4.98 Å². The van der Waals surface area contributed by atoms with Crippen LogP contribution >= 0.6 is 15.9 Å². The summed E-state index contributed by atoms with van der Waals surface area (Å²) in [4.78, 5) is 4.51. The first kappa shape index (κ1) is 8.48. The van der Waals surface area contributed by atoms with Crippen LogP contribution in [0.25, 0.3) is 11.0 Å². The maximum Gasteiger partial charge on any atom is 0.178 e. The summed E-state index contributed by atoms with van der Waals surface area (Å²) in [6.07, 6.45) is 2.58. The van der Waals surface area contributed by atoms with Gasteiger partial charge in [0.15, 0.2) is 4.73 Å². The Kier molecular flexibility index (Phi) is 1.71. The van der Waals surface area contributed by atoms with E-state index in [2.05, 4.69) is 50.6 Å². The zero-order chi connectivity index (χ0) is 9.71. The lowest BCUT2D eigenvalue weighted by atomic mass is 10.2. The summed E-state index contributed by atoms with van der Waals surface area (Å²) in [6, 6.07) is 7.13. The number of benzene rings is 1. The number of hydrogen-bond acceptors (Lipinski definition) is 1. The molecule has 0 radical (unpaired) electrons. The zero-order valence-corrected chi connectivity index (χ0v) is 9.58. The maximum atomic E-state index is 4.51. The van der Waals surface area contributed by atoms with Gasteiger partial charge in [-0.2, -0.15) is 0 Å². The predicted molar refractivity (Wildman–Crippen MR) is 60.4 cm³/mol. The van der Waals surface area contributed by atoms with Crippen molar-refractivity contribution in [1.82, 2.24) is 9.55 Å². The van der Waals surface area contributed by atoms with Gasteiger partial charge >= 0.3 is 0 Å². The molecule has 1 aromatic heterocycles. The summed E-state index contributed by atoms with van der Waals surface area (Å²) in [5, 5.41) is 0. The maximum absolute atomic E-state index is 4.51. The highest BCUT2D eigenvalue weighted by Gasteiger charge is 2.27. The van der Waals surface area contributed by atoms with Crippen LogP contribution in [0.15, 0.2) is 22.9 Å². The summed E-state index contributed by atoms with van der Waals surface area (Å²) in [7, 11) is 0. The van der Waals surface area contributed by atoms with E-state index in [1.165, 1.54) is 23.9 Å². The molecule has 3 rings (SSSR count). The Morgan fingerprint density at radius 2 is 2.21 bits per heavy atom. The Morgan fingerprint density at radius 1 is 1.43 bits per heavy atom. The van der Waals surface area contributed by atoms with Gasteiger partial charge in [-0.05, 0) is 53.4 Å². The average molecular weight is 251 g/mol. The molecule has 0 atom stereocenters. The molecule has 0 unspecified atom stereocenters. The lowest BCUT2D eigenvalue weighted by molar-refractivity contribution is 0.745. The highest BCUT2D eigenvalue weighted by atomic mass is 79.9. The molecule has 0 spiro atoms. The Morgan fingerprint density at radius 3 is 2.93 bits per heavy atom. The molecule has 2 aromatic rings. The molecule has 0 bridgehead atoms. The number of aromatic nitrogens is 2. The van der Waals surface area contributed by atoms with Crippen LogP contribution in [0.3, 0.4) is 0 Å². The van der Waals surface area contributed by atoms with Gasteiger partial charge in [0.1, 0.15) is 0 Å². The van der Waals surface area contributed by atoms with E-state index >= 15 is 0 Å².